The number of amides is 1. The van der Waals surface area contributed by atoms with Gasteiger partial charge in [-0.1, -0.05) is 17.7 Å². The molecule has 2 fully saturated rings. The summed E-state index contributed by atoms with van der Waals surface area (Å²) in [6.07, 6.45) is 2.89. The second kappa shape index (κ2) is 5.09. The molecule has 1 amide bonds. The standard InChI is InChI=1S/C15H16ClNO3/c16-11-3-1-2-10(7-11)14(18)17-13-9-5-4-8(6-9)12(13)15(19)20/h1-3,7-9,12-13H,4-6H2,(H,17,18)(H,19,20). The highest BCUT2D eigenvalue weighted by Gasteiger charge is 2.51. The summed E-state index contributed by atoms with van der Waals surface area (Å²) in [7, 11) is 0. The van der Waals surface area contributed by atoms with Crippen LogP contribution < -0.4 is 5.32 Å². The van der Waals surface area contributed by atoms with Crippen molar-refractivity contribution in [2.45, 2.75) is 25.3 Å². The highest BCUT2D eigenvalue weighted by molar-refractivity contribution is 6.30. The van der Waals surface area contributed by atoms with Gasteiger partial charge in [0, 0.05) is 16.6 Å². The van der Waals surface area contributed by atoms with Gasteiger partial charge in [0.25, 0.3) is 5.91 Å². The maximum absolute atomic E-state index is 12.2. The zero-order valence-electron chi connectivity index (χ0n) is 10.9. The van der Waals surface area contributed by atoms with E-state index in [0.717, 1.165) is 19.3 Å². The summed E-state index contributed by atoms with van der Waals surface area (Å²) in [5, 5.41) is 12.8. The van der Waals surface area contributed by atoms with Gasteiger partial charge >= 0.3 is 5.97 Å². The summed E-state index contributed by atoms with van der Waals surface area (Å²) in [5.74, 6) is -0.979. The molecular formula is C15H16ClNO3. The van der Waals surface area contributed by atoms with Gasteiger partial charge in [0.1, 0.15) is 0 Å². The molecule has 2 aliphatic carbocycles. The number of carboxylic acids is 1. The number of fused-ring (bicyclic) bond motifs is 2. The van der Waals surface area contributed by atoms with Gasteiger partial charge in [0.15, 0.2) is 0 Å². The predicted octanol–water partition coefficient (Wildman–Crippen LogP) is 2.57. The molecule has 4 atom stereocenters. The van der Waals surface area contributed by atoms with E-state index in [1.54, 1.807) is 24.3 Å². The van der Waals surface area contributed by atoms with E-state index >= 15 is 0 Å². The average molecular weight is 294 g/mol. The molecule has 0 spiro atoms. The Morgan fingerprint density at radius 3 is 2.70 bits per heavy atom. The Morgan fingerprint density at radius 1 is 1.25 bits per heavy atom. The molecule has 1 aromatic rings. The molecule has 106 valence electrons. The van der Waals surface area contributed by atoms with Crippen molar-refractivity contribution in [3.05, 3.63) is 34.9 Å². The first-order chi connectivity index (χ1) is 9.56. The van der Waals surface area contributed by atoms with Crippen LogP contribution in [0.2, 0.25) is 5.02 Å². The molecule has 0 radical (unpaired) electrons. The molecule has 0 heterocycles. The normalized spacial score (nSPS) is 31.2. The van der Waals surface area contributed by atoms with Crippen molar-refractivity contribution in [1.29, 1.82) is 0 Å². The second-order valence-electron chi connectivity index (χ2n) is 5.71. The average Bonchev–Trinajstić information content (AvgIpc) is 2.99. The maximum Gasteiger partial charge on any atom is 0.308 e. The molecule has 1 aromatic carbocycles. The molecule has 2 aliphatic rings. The minimum Gasteiger partial charge on any atom is -0.481 e. The molecule has 2 saturated carbocycles. The first-order valence-electron chi connectivity index (χ1n) is 6.85. The lowest BCUT2D eigenvalue weighted by molar-refractivity contribution is -0.144. The van der Waals surface area contributed by atoms with Crippen molar-refractivity contribution < 1.29 is 14.7 Å². The molecule has 0 saturated heterocycles. The van der Waals surface area contributed by atoms with E-state index in [-0.39, 0.29) is 17.9 Å². The zero-order chi connectivity index (χ0) is 14.3. The van der Waals surface area contributed by atoms with Crippen LogP contribution in [0.5, 0.6) is 0 Å². The van der Waals surface area contributed by atoms with Gasteiger partial charge in [-0.25, -0.2) is 0 Å². The molecule has 0 aromatic heterocycles. The summed E-state index contributed by atoms with van der Waals surface area (Å²) in [6, 6.07) is 6.45. The number of carbonyl (C=O) groups is 2. The van der Waals surface area contributed by atoms with Crippen molar-refractivity contribution in [2.75, 3.05) is 0 Å². The zero-order valence-corrected chi connectivity index (χ0v) is 11.6. The Balaban J connectivity index is 1.77. The highest BCUT2D eigenvalue weighted by atomic mass is 35.5. The van der Waals surface area contributed by atoms with Crippen molar-refractivity contribution in [1.82, 2.24) is 5.32 Å². The van der Waals surface area contributed by atoms with Crippen LogP contribution >= 0.6 is 11.6 Å². The highest BCUT2D eigenvalue weighted by Crippen LogP contribution is 2.48. The number of rotatable bonds is 3. The number of aliphatic carboxylic acids is 1. The molecule has 4 nitrogen and oxygen atoms in total. The summed E-state index contributed by atoms with van der Waals surface area (Å²) >= 11 is 5.87. The number of hydrogen-bond acceptors (Lipinski definition) is 2. The van der Waals surface area contributed by atoms with Gasteiger partial charge in [0.2, 0.25) is 0 Å². The van der Waals surface area contributed by atoms with Gasteiger partial charge in [0.05, 0.1) is 5.92 Å². The first-order valence-corrected chi connectivity index (χ1v) is 7.23. The number of hydrogen-bond donors (Lipinski definition) is 2. The predicted molar refractivity (Wildman–Crippen MR) is 74.7 cm³/mol. The number of halogens is 1. The van der Waals surface area contributed by atoms with E-state index in [0.29, 0.717) is 16.5 Å². The van der Waals surface area contributed by atoms with E-state index in [2.05, 4.69) is 5.32 Å². The quantitative estimate of drug-likeness (QED) is 0.900. The SMILES string of the molecule is O=C(NC1C2CCC(C2)C1C(=O)O)c1cccc(Cl)c1. The van der Waals surface area contributed by atoms with Crippen LogP contribution in [0.15, 0.2) is 24.3 Å². The van der Waals surface area contributed by atoms with Crippen molar-refractivity contribution >= 4 is 23.5 Å². The van der Waals surface area contributed by atoms with Gasteiger partial charge in [-0.15, -0.1) is 0 Å². The molecular weight excluding hydrogens is 278 g/mol. The third kappa shape index (κ3) is 2.29. The van der Waals surface area contributed by atoms with Crippen molar-refractivity contribution in [3.63, 3.8) is 0 Å². The topological polar surface area (TPSA) is 66.4 Å². The Bertz CT molecular complexity index is 560. The lowest BCUT2D eigenvalue weighted by Gasteiger charge is -2.28. The second-order valence-corrected chi connectivity index (χ2v) is 6.14. The molecule has 2 bridgehead atoms. The fourth-order valence-electron chi connectivity index (χ4n) is 3.72. The van der Waals surface area contributed by atoms with Gasteiger partial charge in [-0.3, -0.25) is 9.59 Å². The number of nitrogens with one attached hydrogen (secondary N) is 1. The minimum absolute atomic E-state index is 0.210. The fourth-order valence-corrected chi connectivity index (χ4v) is 3.91. The van der Waals surface area contributed by atoms with Crippen LogP contribution in [-0.2, 0) is 4.79 Å². The van der Waals surface area contributed by atoms with Gasteiger partial charge in [-0.05, 0) is 49.3 Å². The number of benzene rings is 1. The Labute approximate surface area is 122 Å². The fraction of sp³-hybridized carbons (Fsp3) is 0.467. The summed E-state index contributed by atoms with van der Waals surface area (Å²) in [6.45, 7) is 0. The molecule has 20 heavy (non-hydrogen) atoms. The van der Waals surface area contributed by atoms with Gasteiger partial charge in [-0.2, -0.15) is 0 Å². The summed E-state index contributed by atoms with van der Waals surface area (Å²) < 4.78 is 0. The van der Waals surface area contributed by atoms with Crippen LogP contribution in [0, 0.1) is 17.8 Å². The first kappa shape index (κ1) is 13.4. The van der Waals surface area contributed by atoms with Crippen LogP contribution in [0.25, 0.3) is 0 Å². The van der Waals surface area contributed by atoms with E-state index in [9.17, 15) is 14.7 Å². The van der Waals surface area contributed by atoms with E-state index in [1.807, 2.05) is 0 Å². The van der Waals surface area contributed by atoms with E-state index < -0.39 is 11.9 Å². The number of carbonyl (C=O) groups excluding carboxylic acids is 1. The largest absolute Gasteiger partial charge is 0.481 e. The van der Waals surface area contributed by atoms with E-state index in [4.69, 9.17) is 11.6 Å². The lowest BCUT2D eigenvalue weighted by Crippen LogP contribution is -2.46. The monoisotopic (exact) mass is 293 g/mol. The molecule has 4 unspecified atom stereocenters. The third-order valence-corrected chi connectivity index (χ3v) is 4.82. The Morgan fingerprint density at radius 2 is 2.00 bits per heavy atom. The minimum atomic E-state index is -0.798. The van der Waals surface area contributed by atoms with Crippen LogP contribution in [0.1, 0.15) is 29.6 Å². The molecule has 5 heteroatoms. The third-order valence-electron chi connectivity index (χ3n) is 4.59. The molecule has 0 aliphatic heterocycles. The molecule has 2 N–H and O–H groups in total. The lowest BCUT2D eigenvalue weighted by atomic mass is 9.84. The van der Waals surface area contributed by atoms with Crippen molar-refractivity contribution in [2.24, 2.45) is 17.8 Å². The Kier molecular flexibility index (Phi) is 3.42. The van der Waals surface area contributed by atoms with Gasteiger partial charge < -0.3 is 10.4 Å². The van der Waals surface area contributed by atoms with Crippen LogP contribution in [-0.4, -0.2) is 23.0 Å². The smallest absolute Gasteiger partial charge is 0.308 e. The van der Waals surface area contributed by atoms with Crippen molar-refractivity contribution in [3.8, 4) is 0 Å². The maximum atomic E-state index is 12.2. The number of carboxylic acid groups (broad SMARTS) is 1. The van der Waals surface area contributed by atoms with Crippen LogP contribution in [0.4, 0.5) is 0 Å². The van der Waals surface area contributed by atoms with Crippen LogP contribution in [0.3, 0.4) is 0 Å². The Hall–Kier alpha value is -1.55. The van der Waals surface area contributed by atoms with E-state index in [1.165, 1.54) is 0 Å². The molecule has 3 rings (SSSR count). The summed E-state index contributed by atoms with van der Waals surface area (Å²) in [4.78, 5) is 23.6. The summed E-state index contributed by atoms with van der Waals surface area (Å²) in [5.41, 5.74) is 0.476.